The second-order valence-electron chi connectivity index (χ2n) is 7.64. The number of nitrogens with zero attached hydrogens (tertiary/aromatic N) is 6. The van der Waals surface area contributed by atoms with Crippen LogP contribution in [0.15, 0.2) is 36.4 Å². The summed E-state index contributed by atoms with van der Waals surface area (Å²) in [5, 5.41) is 3.15. The average Bonchev–Trinajstić information content (AvgIpc) is 3.34. The lowest BCUT2D eigenvalue weighted by Gasteiger charge is -2.19. The van der Waals surface area contributed by atoms with Crippen molar-refractivity contribution in [2.75, 3.05) is 25.0 Å². The van der Waals surface area contributed by atoms with Crippen molar-refractivity contribution in [2.24, 2.45) is 0 Å². The van der Waals surface area contributed by atoms with Gasteiger partial charge >= 0.3 is 5.38 Å². The molecule has 0 bridgehead atoms. The monoisotopic (exact) mass is 475 g/mol. The first kappa shape index (κ1) is 23.1. The number of benzene rings is 1. The van der Waals surface area contributed by atoms with Crippen molar-refractivity contribution in [2.45, 2.75) is 32.7 Å². The topological polar surface area (TPSA) is 80.3 Å². The first-order chi connectivity index (χ1) is 15.7. The zero-order valence-electron chi connectivity index (χ0n) is 18.5. The van der Waals surface area contributed by atoms with E-state index in [1.165, 1.54) is 6.07 Å². The van der Waals surface area contributed by atoms with Crippen LogP contribution in [0.25, 0.3) is 16.7 Å². The first-order valence-corrected chi connectivity index (χ1v) is 11.0. The van der Waals surface area contributed by atoms with Crippen molar-refractivity contribution in [1.82, 2.24) is 29.0 Å². The highest BCUT2D eigenvalue weighted by Gasteiger charge is 2.33. The number of anilines is 1. The number of hydrogen-bond acceptors (Lipinski definition) is 5. The third-order valence-electron chi connectivity index (χ3n) is 5.49. The van der Waals surface area contributed by atoms with E-state index in [1.807, 2.05) is 28.8 Å². The zero-order valence-corrected chi connectivity index (χ0v) is 19.3. The van der Waals surface area contributed by atoms with Gasteiger partial charge in [0.15, 0.2) is 11.3 Å². The van der Waals surface area contributed by atoms with Gasteiger partial charge in [-0.1, -0.05) is 26.0 Å². The lowest BCUT2D eigenvalue weighted by molar-refractivity contribution is 0.0868. The highest BCUT2D eigenvalue weighted by molar-refractivity contribution is 6.21. The molecule has 0 unspecified atom stereocenters. The van der Waals surface area contributed by atoms with Gasteiger partial charge in [0.2, 0.25) is 5.95 Å². The third-order valence-corrected chi connectivity index (χ3v) is 5.69. The Morgan fingerprint density at radius 3 is 2.61 bits per heavy atom. The van der Waals surface area contributed by atoms with Gasteiger partial charge < -0.3 is 9.47 Å². The summed E-state index contributed by atoms with van der Waals surface area (Å²) in [6.45, 7) is 8.97. The molecule has 0 fully saturated rings. The number of carbonyl (C=O) groups is 1. The predicted molar refractivity (Wildman–Crippen MR) is 123 cm³/mol. The van der Waals surface area contributed by atoms with Gasteiger partial charge in [-0.25, -0.2) is 14.5 Å². The molecule has 0 aliphatic heterocycles. The van der Waals surface area contributed by atoms with Crippen LogP contribution >= 0.6 is 11.6 Å². The molecule has 4 aromatic rings. The molecule has 0 saturated carbocycles. The maximum Gasteiger partial charge on any atom is 0.364 e. The Hall–Kier alpha value is -3.11. The second-order valence-corrected chi connectivity index (χ2v) is 8.11. The Balaban J connectivity index is 1.68. The van der Waals surface area contributed by atoms with Crippen molar-refractivity contribution in [3.05, 3.63) is 53.5 Å². The fraction of sp³-hybridized carbons (Fsp3) is 0.364. The number of alkyl halides is 3. The lowest BCUT2D eigenvalue weighted by Crippen LogP contribution is -2.27. The van der Waals surface area contributed by atoms with E-state index in [-0.39, 0.29) is 11.3 Å². The van der Waals surface area contributed by atoms with Gasteiger partial charge in [-0.05, 0) is 49.8 Å². The van der Waals surface area contributed by atoms with E-state index in [2.05, 4.69) is 39.1 Å². The highest BCUT2D eigenvalue weighted by Crippen LogP contribution is 2.32. The van der Waals surface area contributed by atoms with Crippen LogP contribution in [0.4, 0.5) is 14.7 Å². The number of carbonyl (C=O) groups excluding carboxylic acids is 1. The van der Waals surface area contributed by atoms with Crippen LogP contribution in [-0.4, -0.2) is 54.6 Å². The standard InChI is InChI=1S/C22H24ClF2N7O/c1-4-30(5-2)10-11-31-17-9-7-6-8-15(17)27-21(31)28-20(33)16-13-19-26-14(3)12-18(22(23,24)25)32(19)29-16/h6-9,12-13H,4-5,10-11H2,1-3H3,(H,27,28,33). The van der Waals surface area contributed by atoms with E-state index >= 15 is 0 Å². The van der Waals surface area contributed by atoms with Crippen LogP contribution in [0, 0.1) is 6.92 Å². The Labute approximate surface area is 194 Å². The highest BCUT2D eigenvalue weighted by atomic mass is 35.5. The fourth-order valence-corrected chi connectivity index (χ4v) is 3.89. The first-order valence-electron chi connectivity index (χ1n) is 10.6. The maximum atomic E-state index is 13.9. The van der Waals surface area contributed by atoms with Gasteiger partial charge in [0.25, 0.3) is 5.91 Å². The molecule has 0 radical (unpaired) electrons. The number of hydrogen-bond donors (Lipinski definition) is 1. The molecule has 8 nitrogen and oxygen atoms in total. The van der Waals surface area contributed by atoms with Crippen molar-refractivity contribution in [3.8, 4) is 0 Å². The number of fused-ring (bicyclic) bond motifs is 2. The van der Waals surface area contributed by atoms with Gasteiger partial charge in [0, 0.05) is 24.8 Å². The summed E-state index contributed by atoms with van der Waals surface area (Å²) >= 11 is 5.24. The van der Waals surface area contributed by atoms with Crippen molar-refractivity contribution < 1.29 is 13.6 Å². The quantitative estimate of drug-likeness (QED) is 0.385. The van der Waals surface area contributed by atoms with Gasteiger partial charge in [-0.15, -0.1) is 0 Å². The molecule has 0 atom stereocenters. The Morgan fingerprint density at radius 2 is 1.91 bits per heavy atom. The predicted octanol–water partition coefficient (Wildman–Crippen LogP) is 4.27. The molecule has 1 N–H and O–H groups in total. The summed E-state index contributed by atoms with van der Waals surface area (Å²) in [5.41, 5.74) is 1.43. The summed E-state index contributed by atoms with van der Waals surface area (Å²) in [5.74, 6) is -0.223. The summed E-state index contributed by atoms with van der Waals surface area (Å²) in [6, 6.07) is 10.1. The van der Waals surface area contributed by atoms with Gasteiger partial charge in [-0.3, -0.25) is 10.1 Å². The Morgan fingerprint density at radius 1 is 1.18 bits per heavy atom. The summed E-state index contributed by atoms with van der Waals surface area (Å²) in [4.78, 5) is 24.0. The molecule has 0 spiro atoms. The summed E-state index contributed by atoms with van der Waals surface area (Å²) in [6.07, 6.45) is 0. The number of aryl methyl sites for hydroxylation is 1. The van der Waals surface area contributed by atoms with Crippen LogP contribution < -0.4 is 5.32 Å². The lowest BCUT2D eigenvalue weighted by atomic mass is 10.3. The molecule has 11 heteroatoms. The molecule has 174 valence electrons. The summed E-state index contributed by atoms with van der Waals surface area (Å²) < 4.78 is 30.5. The van der Waals surface area contributed by atoms with Crippen LogP contribution in [0.2, 0.25) is 0 Å². The summed E-state index contributed by atoms with van der Waals surface area (Å²) in [7, 11) is 0. The van der Waals surface area contributed by atoms with E-state index in [9.17, 15) is 13.6 Å². The number of aromatic nitrogens is 5. The van der Waals surface area contributed by atoms with Crippen LogP contribution in [0.5, 0.6) is 0 Å². The van der Waals surface area contributed by atoms with Gasteiger partial charge in [0.1, 0.15) is 5.69 Å². The minimum atomic E-state index is -3.66. The van der Waals surface area contributed by atoms with E-state index in [0.29, 0.717) is 18.2 Å². The van der Waals surface area contributed by atoms with Crippen molar-refractivity contribution >= 4 is 40.1 Å². The normalized spacial score (nSPS) is 12.2. The van der Waals surface area contributed by atoms with Crippen molar-refractivity contribution in [1.29, 1.82) is 0 Å². The third kappa shape index (κ3) is 4.67. The SMILES string of the molecule is CCN(CC)CCn1c(NC(=O)c2cc3nc(C)cc(C(F)(F)Cl)n3n2)nc2ccccc21. The minimum Gasteiger partial charge on any atom is -0.309 e. The van der Waals surface area contributed by atoms with Crippen LogP contribution in [-0.2, 0) is 11.9 Å². The van der Waals surface area contributed by atoms with Crippen LogP contribution in [0.3, 0.4) is 0 Å². The van der Waals surface area contributed by atoms with E-state index < -0.39 is 17.0 Å². The number of likely N-dealkylation sites (N-methyl/N-ethyl adjacent to an activating group) is 1. The Bertz CT molecular complexity index is 1310. The molecule has 1 aromatic carbocycles. The van der Waals surface area contributed by atoms with Crippen molar-refractivity contribution in [3.63, 3.8) is 0 Å². The fourth-order valence-electron chi connectivity index (χ4n) is 3.76. The number of imidazole rings is 1. The number of nitrogens with one attached hydrogen (secondary N) is 1. The number of amides is 1. The molecular formula is C22H24ClF2N7O. The number of rotatable bonds is 8. The smallest absolute Gasteiger partial charge is 0.309 e. The molecule has 0 saturated heterocycles. The number of halogens is 3. The molecule has 3 heterocycles. The van der Waals surface area contributed by atoms with E-state index in [4.69, 9.17) is 11.6 Å². The maximum absolute atomic E-state index is 13.9. The average molecular weight is 476 g/mol. The van der Waals surface area contributed by atoms with Crippen LogP contribution in [0.1, 0.15) is 35.7 Å². The van der Waals surface area contributed by atoms with E-state index in [0.717, 1.165) is 41.2 Å². The molecule has 0 aliphatic carbocycles. The zero-order chi connectivity index (χ0) is 23.8. The molecule has 0 aliphatic rings. The minimum absolute atomic E-state index is 0.0717. The molecule has 1 amide bonds. The molecule has 4 rings (SSSR count). The molecule has 3 aromatic heterocycles. The van der Waals surface area contributed by atoms with Gasteiger partial charge in [0.05, 0.1) is 11.0 Å². The largest absolute Gasteiger partial charge is 0.364 e. The van der Waals surface area contributed by atoms with Gasteiger partial charge in [-0.2, -0.15) is 13.9 Å². The second kappa shape index (κ2) is 9.03. The molecule has 33 heavy (non-hydrogen) atoms. The number of para-hydroxylation sites is 2. The molecular weight excluding hydrogens is 452 g/mol. The Kier molecular flexibility index (Phi) is 6.31. The van der Waals surface area contributed by atoms with E-state index in [1.54, 1.807) is 6.92 Å².